The van der Waals surface area contributed by atoms with Crippen molar-refractivity contribution in [2.45, 2.75) is 0 Å². The van der Waals surface area contributed by atoms with Crippen LogP contribution in [0.4, 0.5) is 5.13 Å². The second kappa shape index (κ2) is 8.13. The second-order valence-corrected chi connectivity index (χ2v) is 7.05. The maximum absolute atomic E-state index is 12.2. The zero-order valence-electron chi connectivity index (χ0n) is 12.9. The standard InChI is InChI=1S/C15H17N5O2S2/c21-13(17-15-18-16-11-24-15)10-19-5-7-20(8-6-19)14(22)4-3-12-2-1-9-23-12/h1-4,9,11H,5-8,10H2,(H,17,18,21). The molecule has 1 N–H and O–H groups in total. The van der Waals surface area contributed by atoms with Gasteiger partial charge in [0.15, 0.2) is 0 Å². The van der Waals surface area contributed by atoms with Crippen LogP contribution in [0.25, 0.3) is 6.08 Å². The van der Waals surface area contributed by atoms with Crippen LogP contribution in [0.1, 0.15) is 4.88 Å². The average Bonchev–Trinajstić information content (AvgIpc) is 3.27. The predicted molar refractivity (Wildman–Crippen MR) is 94.9 cm³/mol. The van der Waals surface area contributed by atoms with Crippen molar-refractivity contribution in [3.8, 4) is 0 Å². The number of thiophene rings is 1. The fourth-order valence-corrected chi connectivity index (χ4v) is 3.44. The first-order chi connectivity index (χ1) is 11.7. The molecular weight excluding hydrogens is 346 g/mol. The number of anilines is 1. The van der Waals surface area contributed by atoms with Gasteiger partial charge in [0, 0.05) is 37.1 Å². The van der Waals surface area contributed by atoms with Crippen LogP contribution in [-0.4, -0.2) is 64.5 Å². The highest BCUT2D eigenvalue weighted by Crippen LogP contribution is 2.11. The van der Waals surface area contributed by atoms with E-state index in [1.807, 2.05) is 33.4 Å². The molecule has 0 radical (unpaired) electrons. The molecule has 9 heteroatoms. The summed E-state index contributed by atoms with van der Waals surface area (Å²) in [4.78, 5) is 29.0. The predicted octanol–water partition coefficient (Wildman–Crippen LogP) is 1.40. The van der Waals surface area contributed by atoms with Crippen LogP contribution in [0.2, 0.25) is 0 Å². The summed E-state index contributed by atoms with van der Waals surface area (Å²) in [5.41, 5.74) is 1.57. The van der Waals surface area contributed by atoms with E-state index in [2.05, 4.69) is 15.5 Å². The molecule has 1 saturated heterocycles. The molecule has 0 atom stereocenters. The largest absolute Gasteiger partial charge is 0.337 e. The first-order valence-corrected chi connectivity index (χ1v) is 9.25. The summed E-state index contributed by atoms with van der Waals surface area (Å²) in [5, 5.41) is 12.7. The Bertz CT molecular complexity index is 692. The van der Waals surface area contributed by atoms with E-state index in [0.717, 1.165) is 4.88 Å². The molecule has 3 heterocycles. The lowest BCUT2D eigenvalue weighted by atomic mass is 10.3. The molecule has 24 heavy (non-hydrogen) atoms. The van der Waals surface area contributed by atoms with Crippen molar-refractivity contribution >= 4 is 45.7 Å². The maximum Gasteiger partial charge on any atom is 0.246 e. The lowest BCUT2D eigenvalue weighted by molar-refractivity contribution is -0.127. The lowest BCUT2D eigenvalue weighted by Crippen LogP contribution is -2.50. The van der Waals surface area contributed by atoms with Crippen LogP contribution < -0.4 is 5.32 Å². The molecule has 7 nitrogen and oxygen atoms in total. The molecule has 2 aromatic heterocycles. The molecule has 2 aromatic rings. The number of amides is 2. The van der Waals surface area contributed by atoms with E-state index in [1.54, 1.807) is 22.9 Å². The smallest absolute Gasteiger partial charge is 0.246 e. The Morgan fingerprint density at radius 1 is 1.25 bits per heavy atom. The summed E-state index contributed by atoms with van der Waals surface area (Å²) in [5.74, 6) is -0.0921. The van der Waals surface area contributed by atoms with E-state index in [1.165, 1.54) is 11.3 Å². The first-order valence-electron chi connectivity index (χ1n) is 7.49. The number of piperazine rings is 1. The quantitative estimate of drug-likeness (QED) is 0.813. The minimum absolute atomic E-state index is 0.0151. The van der Waals surface area contributed by atoms with E-state index < -0.39 is 0 Å². The zero-order valence-corrected chi connectivity index (χ0v) is 14.6. The minimum Gasteiger partial charge on any atom is -0.337 e. The molecule has 0 spiro atoms. The van der Waals surface area contributed by atoms with E-state index in [0.29, 0.717) is 37.9 Å². The van der Waals surface area contributed by atoms with Crippen molar-refractivity contribution in [2.75, 3.05) is 38.0 Å². The number of nitrogens with zero attached hydrogens (tertiary/aromatic N) is 4. The third kappa shape index (κ3) is 4.70. The number of carbonyl (C=O) groups excluding carboxylic acids is 2. The fraction of sp³-hybridized carbons (Fsp3) is 0.333. The highest BCUT2D eigenvalue weighted by Gasteiger charge is 2.21. The van der Waals surface area contributed by atoms with Gasteiger partial charge in [0.05, 0.1) is 6.54 Å². The third-order valence-corrected chi connectivity index (χ3v) is 5.04. The molecule has 126 valence electrons. The Kier molecular flexibility index (Phi) is 5.68. The van der Waals surface area contributed by atoms with Gasteiger partial charge in [0.25, 0.3) is 0 Å². The average molecular weight is 363 g/mol. The van der Waals surface area contributed by atoms with Gasteiger partial charge >= 0.3 is 0 Å². The molecule has 1 aliphatic heterocycles. The summed E-state index contributed by atoms with van der Waals surface area (Å²) >= 11 is 2.89. The topological polar surface area (TPSA) is 78.4 Å². The molecule has 0 unspecified atom stereocenters. The highest BCUT2D eigenvalue weighted by molar-refractivity contribution is 7.13. The van der Waals surface area contributed by atoms with E-state index >= 15 is 0 Å². The normalized spacial score (nSPS) is 15.8. The van der Waals surface area contributed by atoms with Gasteiger partial charge in [0.1, 0.15) is 5.51 Å². The number of aromatic nitrogens is 2. The number of hydrogen-bond donors (Lipinski definition) is 1. The Morgan fingerprint density at radius 3 is 2.75 bits per heavy atom. The highest BCUT2D eigenvalue weighted by atomic mass is 32.1. The molecule has 1 fully saturated rings. The van der Waals surface area contributed by atoms with Crippen molar-refractivity contribution in [1.82, 2.24) is 20.0 Å². The Balaban J connectivity index is 1.42. The molecular formula is C15H17N5O2S2. The summed E-state index contributed by atoms with van der Waals surface area (Å²) in [6, 6.07) is 3.93. The van der Waals surface area contributed by atoms with Crippen molar-refractivity contribution < 1.29 is 9.59 Å². The van der Waals surface area contributed by atoms with E-state index in [9.17, 15) is 9.59 Å². The third-order valence-electron chi connectivity index (χ3n) is 3.59. The van der Waals surface area contributed by atoms with Gasteiger partial charge in [-0.1, -0.05) is 17.4 Å². The molecule has 2 amide bonds. The van der Waals surface area contributed by atoms with Crippen LogP contribution in [0.15, 0.2) is 29.1 Å². The number of hydrogen-bond acceptors (Lipinski definition) is 7. The minimum atomic E-state index is -0.107. The van der Waals surface area contributed by atoms with E-state index in [4.69, 9.17) is 0 Å². The molecule has 0 saturated carbocycles. The number of rotatable bonds is 5. The van der Waals surface area contributed by atoms with Crippen LogP contribution in [0.3, 0.4) is 0 Å². The molecule has 1 aliphatic rings. The monoisotopic (exact) mass is 363 g/mol. The van der Waals surface area contributed by atoms with Gasteiger partial charge in [-0.25, -0.2) is 0 Å². The van der Waals surface area contributed by atoms with Crippen LogP contribution in [-0.2, 0) is 9.59 Å². The van der Waals surface area contributed by atoms with Gasteiger partial charge in [0.2, 0.25) is 16.9 Å². The Labute approximate surface area is 147 Å². The van der Waals surface area contributed by atoms with Crippen molar-refractivity contribution in [1.29, 1.82) is 0 Å². The molecule has 0 bridgehead atoms. The summed E-state index contributed by atoms with van der Waals surface area (Å²) < 4.78 is 0. The molecule has 0 aliphatic carbocycles. The van der Waals surface area contributed by atoms with Gasteiger partial charge in [-0.3, -0.25) is 19.8 Å². The Morgan fingerprint density at radius 2 is 2.08 bits per heavy atom. The van der Waals surface area contributed by atoms with Crippen molar-refractivity contribution in [3.05, 3.63) is 34.0 Å². The number of carbonyl (C=O) groups is 2. The Hall–Kier alpha value is -2.10. The van der Waals surface area contributed by atoms with Crippen molar-refractivity contribution in [2.24, 2.45) is 0 Å². The molecule has 3 rings (SSSR count). The summed E-state index contributed by atoms with van der Waals surface area (Å²) in [6.45, 7) is 2.91. The number of nitrogens with one attached hydrogen (secondary N) is 1. The van der Waals surface area contributed by atoms with Gasteiger partial charge in [-0.05, 0) is 17.5 Å². The zero-order chi connectivity index (χ0) is 16.8. The van der Waals surface area contributed by atoms with Gasteiger partial charge in [-0.15, -0.1) is 21.5 Å². The SMILES string of the molecule is O=C(CN1CCN(C(=O)C=Cc2cccs2)CC1)Nc1nncs1. The summed E-state index contributed by atoms with van der Waals surface area (Å²) in [6.07, 6.45) is 3.46. The van der Waals surface area contributed by atoms with Gasteiger partial charge < -0.3 is 4.90 Å². The first kappa shape index (κ1) is 16.7. The van der Waals surface area contributed by atoms with Crippen LogP contribution >= 0.6 is 22.7 Å². The lowest BCUT2D eigenvalue weighted by Gasteiger charge is -2.33. The van der Waals surface area contributed by atoms with Crippen molar-refractivity contribution in [3.63, 3.8) is 0 Å². The van der Waals surface area contributed by atoms with Gasteiger partial charge in [-0.2, -0.15) is 0 Å². The second-order valence-electron chi connectivity index (χ2n) is 5.24. The van der Waals surface area contributed by atoms with E-state index in [-0.39, 0.29) is 11.8 Å². The fourth-order valence-electron chi connectivity index (χ4n) is 2.36. The maximum atomic E-state index is 12.2. The summed E-state index contributed by atoms with van der Waals surface area (Å²) in [7, 11) is 0. The molecule has 0 aromatic carbocycles. The van der Waals surface area contributed by atoms with Crippen LogP contribution in [0, 0.1) is 0 Å². The van der Waals surface area contributed by atoms with Crippen LogP contribution in [0.5, 0.6) is 0 Å².